The van der Waals surface area contributed by atoms with Gasteiger partial charge in [-0.1, -0.05) is 5.16 Å². The molecule has 3 rings (SSSR count). The lowest BCUT2D eigenvalue weighted by Crippen LogP contribution is -2.57. The predicted molar refractivity (Wildman–Crippen MR) is 78.2 cm³/mol. The number of aromatic nitrogens is 2. The van der Waals surface area contributed by atoms with Crippen molar-refractivity contribution in [3.63, 3.8) is 0 Å². The van der Waals surface area contributed by atoms with E-state index in [-0.39, 0.29) is 18.0 Å². The first-order chi connectivity index (χ1) is 10.6. The summed E-state index contributed by atoms with van der Waals surface area (Å²) in [5, 5.41) is 7.05. The number of hydrogen-bond donors (Lipinski definition) is 1. The third-order valence-electron chi connectivity index (χ3n) is 4.29. The minimum Gasteiger partial charge on any atom is -0.378 e. The van der Waals surface area contributed by atoms with E-state index in [4.69, 9.17) is 9.26 Å². The second kappa shape index (κ2) is 6.72. The SMILES string of the molecule is Cc1noc(C(C)N2CCN(C(=O)C3COCCN3)CC2)n1. The number of piperazine rings is 1. The van der Waals surface area contributed by atoms with Gasteiger partial charge in [-0.2, -0.15) is 4.98 Å². The molecule has 122 valence electrons. The first-order valence-corrected chi connectivity index (χ1v) is 7.79. The van der Waals surface area contributed by atoms with Gasteiger partial charge in [0, 0.05) is 32.7 Å². The number of nitrogens with one attached hydrogen (secondary N) is 1. The van der Waals surface area contributed by atoms with E-state index in [1.807, 2.05) is 11.8 Å². The summed E-state index contributed by atoms with van der Waals surface area (Å²) in [6, 6.07) is -0.120. The van der Waals surface area contributed by atoms with Crippen LogP contribution in [0.5, 0.6) is 0 Å². The average Bonchev–Trinajstić information content (AvgIpc) is 3.01. The van der Waals surface area contributed by atoms with E-state index in [9.17, 15) is 4.79 Å². The van der Waals surface area contributed by atoms with Gasteiger partial charge in [0.1, 0.15) is 6.04 Å². The first-order valence-electron chi connectivity index (χ1n) is 7.79. The number of morpholine rings is 1. The maximum Gasteiger partial charge on any atom is 0.243 e. The Hall–Kier alpha value is -1.51. The summed E-state index contributed by atoms with van der Waals surface area (Å²) in [7, 11) is 0. The van der Waals surface area contributed by atoms with Gasteiger partial charge in [-0.25, -0.2) is 0 Å². The van der Waals surface area contributed by atoms with Crippen LogP contribution in [0.4, 0.5) is 0 Å². The number of aryl methyl sites for hydroxylation is 1. The molecule has 0 aromatic carbocycles. The predicted octanol–water partition coefficient (Wildman–Crippen LogP) is -0.428. The molecular weight excluding hydrogens is 286 g/mol. The molecule has 0 spiro atoms. The Morgan fingerprint density at radius 2 is 2.14 bits per heavy atom. The smallest absolute Gasteiger partial charge is 0.243 e. The highest BCUT2D eigenvalue weighted by Crippen LogP contribution is 2.20. The zero-order valence-electron chi connectivity index (χ0n) is 13.1. The van der Waals surface area contributed by atoms with Gasteiger partial charge in [0.05, 0.1) is 19.3 Å². The number of carbonyl (C=O) groups excluding carboxylic acids is 1. The highest BCUT2D eigenvalue weighted by atomic mass is 16.5. The highest BCUT2D eigenvalue weighted by Gasteiger charge is 2.31. The molecule has 2 saturated heterocycles. The molecule has 1 aromatic rings. The molecule has 8 heteroatoms. The summed E-state index contributed by atoms with van der Waals surface area (Å²) in [5.41, 5.74) is 0. The normalized spacial score (nSPS) is 25.2. The van der Waals surface area contributed by atoms with Crippen molar-refractivity contribution in [1.82, 2.24) is 25.3 Å². The van der Waals surface area contributed by atoms with E-state index in [1.54, 1.807) is 0 Å². The Morgan fingerprint density at radius 1 is 1.36 bits per heavy atom. The van der Waals surface area contributed by atoms with Crippen molar-refractivity contribution in [2.24, 2.45) is 0 Å². The molecule has 2 aliphatic heterocycles. The summed E-state index contributed by atoms with van der Waals surface area (Å²) in [5.74, 6) is 1.43. The second-order valence-electron chi connectivity index (χ2n) is 5.80. The molecule has 0 saturated carbocycles. The van der Waals surface area contributed by atoms with E-state index in [2.05, 4.69) is 27.3 Å². The van der Waals surface area contributed by atoms with E-state index in [1.165, 1.54) is 0 Å². The van der Waals surface area contributed by atoms with Crippen LogP contribution in [-0.4, -0.2) is 77.8 Å². The maximum absolute atomic E-state index is 12.4. The minimum absolute atomic E-state index is 0.0783. The van der Waals surface area contributed by atoms with Crippen LogP contribution in [-0.2, 0) is 9.53 Å². The molecule has 2 atom stereocenters. The lowest BCUT2D eigenvalue weighted by Gasteiger charge is -2.38. The summed E-state index contributed by atoms with van der Waals surface area (Å²) in [6.45, 7) is 8.81. The van der Waals surface area contributed by atoms with Crippen molar-refractivity contribution in [2.75, 3.05) is 45.9 Å². The van der Waals surface area contributed by atoms with Crippen molar-refractivity contribution in [2.45, 2.75) is 25.9 Å². The molecule has 1 aromatic heterocycles. The zero-order valence-corrected chi connectivity index (χ0v) is 13.1. The zero-order chi connectivity index (χ0) is 15.5. The van der Waals surface area contributed by atoms with Gasteiger partial charge in [-0.3, -0.25) is 9.69 Å². The number of rotatable bonds is 3. The standard InChI is InChI=1S/C14H23N5O3/c1-10(13-16-11(2)17-22-13)18-4-6-19(7-5-18)14(20)12-9-21-8-3-15-12/h10,12,15H,3-9H2,1-2H3. The molecule has 0 aliphatic carbocycles. The fourth-order valence-corrected chi connectivity index (χ4v) is 2.91. The van der Waals surface area contributed by atoms with Crippen LogP contribution in [0, 0.1) is 6.92 Å². The van der Waals surface area contributed by atoms with E-state index in [0.29, 0.717) is 38.0 Å². The summed E-state index contributed by atoms with van der Waals surface area (Å²) >= 11 is 0. The molecule has 22 heavy (non-hydrogen) atoms. The Kier molecular flexibility index (Phi) is 4.70. The average molecular weight is 309 g/mol. The number of carbonyl (C=O) groups is 1. The minimum atomic E-state index is -0.198. The van der Waals surface area contributed by atoms with Gasteiger partial charge in [0.2, 0.25) is 11.8 Å². The van der Waals surface area contributed by atoms with Crippen LogP contribution in [0.2, 0.25) is 0 Å². The van der Waals surface area contributed by atoms with Crippen LogP contribution in [0.1, 0.15) is 24.7 Å². The largest absolute Gasteiger partial charge is 0.378 e. The molecule has 1 amide bonds. The van der Waals surface area contributed by atoms with Crippen LogP contribution < -0.4 is 5.32 Å². The van der Waals surface area contributed by atoms with E-state index >= 15 is 0 Å². The highest BCUT2D eigenvalue weighted by molar-refractivity contribution is 5.82. The van der Waals surface area contributed by atoms with Gasteiger partial charge in [0.15, 0.2) is 5.82 Å². The summed E-state index contributed by atoms with van der Waals surface area (Å²) in [6.07, 6.45) is 0. The maximum atomic E-state index is 12.4. The quantitative estimate of drug-likeness (QED) is 0.811. The van der Waals surface area contributed by atoms with Gasteiger partial charge in [-0.15, -0.1) is 0 Å². The van der Waals surface area contributed by atoms with Gasteiger partial charge >= 0.3 is 0 Å². The van der Waals surface area contributed by atoms with Crippen molar-refractivity contribution in [3.05, 3.63) is 11.7 Å². The fraction of sp³-hybridized carbons (Fsp3) is 0.786. The van der Waals surface area contributed by atoms with Gasteiger partial charge < -0.3 is 19.5 Å². The second-order valence-corrected chi connectivity index (χ2v) is 5.80. The lowest BCUT2D eigenvalue weighted by atomic mass is 10.2. The first kappa shape index (κ1) is 15.4. The third-order valence-corrected chi connectivity index (χ3v) is 4.29. The fourth-order valence-electron chi connectivity index (χ4n) is 2.91. The molecule has 2 fully saturated rings. The molecule has 8 nitrogen and oxygen atoms in total. The molecule has 3 heterocycles. The van der Waals surface area contributed by atoms with Gasteiger partial charge in [0.25, 0.3) is 0 Å². The lowest BCUT2D eigenvalue weighted by molar-refractivity contribution is -0.138. The third kappa shape index (κ3) is 3.29. The van der Waals surface area contributed by atoms with E-state index in [0.717, 1.165) is 19.6 Å². The number of hydrogen-bond acceptors (Lipinski definition) is 7. The molecule has 2 aliphatic rings. The molecule has 0 radical (unpaired) electrons. The number of ether oxygens (including phenoxy) is 1. The Balaban J connectivity index is 1.52. The van der Waals surface area contributed by atoms with Crippen molar-refractivity contribution >= 4 is 5.91 Å². The van der Waals surface area contributed by atoms with Crippen LogP contribution in [0.25, 0.3) is 0 Å². The number of nitrogens with zero attached hydrogens (tertiary/aromatic N) is 4. The monoisotopic (exact) mass is 309 g/mol. The van der Waals surface area contributed by atoms with Crippen molar-refractivity contribution in [1.29, 1.82) is 0 Å². The summed E-state index contributed by atoms with van der Waals surface area (Å²) in [4.78, 5) is 20.9. The van der Waals surface area contributed by atoms with Crippen LogP contribution in [0.15, 0.2) is 4.52 Å². The summed E-state index contributed by atoms with van der Waals surface area (Å²) < 4.78 is 10.6. The van der Waals surface area contributed by atoms with Crippen LogP contribution >= 0.6 is 0 Å². The molecular formula is C14H23N5O3. The number of amides is 1. The Morgan fingerprint density at radius 3 is 2.73 bits per heavy atom. The van der Waals surface area contributed by atoms with Crippen molar-refractivity contribution in [3.8, 4) is 0 Å². The molecule has 0 bridgehead atoms. The molecule has 2 unspecified atom stereocenters. The van der Waals surface area contributed by atoms with Crippen LogP contribution in [0.3, 0.4) is 0 Å². The Labute approximate surface area is 129 Å². The van der Waals surface area contributed by atoms with Crippen molar-refractivity contribution < 1.29 is 14.1 Å². The van der Waals surface area contributed by atoms with E-state index < -0.39 is 0 Å². The molecule has 1 N–H and O–H groups in total. The Bertz CT molecular complexity index is 506. The van der Waals surface area contributed by atoms with Gasteiger partial charge in [-0.05, 0) is 13.8 Å². The topological polar surface area (TPSA) is 83.7 Å².